The number of aliphatic imine (C=N–C) groups is 1. The van der Waals surface area contributed by atoms with Crippen LogP contribution in [-0.4, -0.2) is 61.4 Å². The second kappa shape index (κ2) is 5.72. The van der Waals surface area contributed by atoms with E-state index in [2.05, 4.69) is 57.5 Å². The van der Waals surface area contributed by atoms with Crippen molar-refractivity contribution in [3.8, 4) is 0 Å². The van der Waals surface area contributed by atoms with Gasteiger partial charge in [0.1, 0.15) is 5.84 Å². The summed E-state index contributed by atoms with van der Waals surface area (Å²) in [6.45, 7) is 6.25. The summed E-state index contributed by atoms with van der Waals surface area (Å²) in [6.07, 6.45) is 0. The van der Waals surface area contributed by atoms with Gasteiger partial charge in [-0.15, -0.1) is 0 Å². The summed E-state index contributed by atoms with van der Waals surface area (Å²) in [4.78, 5) is 9.57. The SMILES string of the molecule is CN1CCN(Cc2ccccc2)[C@@H](C2=NCCN2)C1. The summed E-state index contributed by atoms with van der Waals surface area (Å²) in [7, 11) is 2.20. The van der Waals surface area contributed by atoms with E-state index in [0.29, 0.717) is 6.04 Å². The van der Waals surface area contributed by atoms with Gasteiger partial charge in [0, 0.05) is 32.7 Å². The van der Waals surface area contributed by atoms with Crippen molar-refractivity contribution in [1.29, 1.82) is 0 Å². The lowest BCUT2D eigenvalue weighted by molar-refractivity contribution is 0.117. The molecule has 1 fully saturated rings. The second-order valence-corrected chi connectivity index (χ2v) is 5.43. The standard InChI is InChI=1S/C15H22N4/c1-18-9-10-19(11-13-5-3-2-4-6-13)14(12-18)15-16-7-8-17-15/h2-6,14H,7-12H2,1H3,(H,16,17)/t14-/m1/s1. The number of likely N-dealkylation sites (N-methyl/N-ethyl adjacent to an activating group) is 1. The zero-order chi connectivity index (χ0) is 13.1. The molecule has 1 saturated heterocycles. The quantitative estimate of drug-likeness (QED) is 0.870. The lowest BCUT2D eigenvalue weighted by Gasteiger charge is -2.40. The Labute approximate surface area is 115 Å². The zero-order valence-electron chi connectivity index (χ0n) is 11.5. The van der Waals surface area contributed by atoms with E-state index in [1.54, 1.807) is 0 Å². The van der Waals surface area contributed by atoms with E-state index in [-0.39, 0.29) is 0 Å². The average molecular weight is 258 g/mol. The molecule has 0 radical (unpaired) electrons. The van der Waals surface area contributed by atoms with E-state index in [1.807, 2.05) is 0 Å². The maximum atomic E-state index is 4.62. The van der Waals surface area contributed by atoms with Gasteiger partial charge in [-0.3, -0.25) is 9.89 Å². The Morgan fingerprint density at radius 2 is 2.11 bits per heavy atom. The van der Waals surface area contributed by atoms with E-state index in [4.69, 9.17) is 0 Å². The molecular formula is C15H22N4. The molecule has 0 amide bonds. The van der Waals surface area contributed by atoms with Crippen LogP contribution >= 0.6 is 0 Å². The molecule has 102 valence electrons. The molecule has 0 saturated carbocycles. The van der Waals surface area contributed by atoms with Crippen LogP contribution in [0.3, 0.4) is 0 Å². The van der Waals surface area contributed by atoms with Crippen molar-refractivity contribution < 1.29 is 0 Å². The van der Waals surface area contributed by atoms with E-state index >= 15 is 0 Å². The van der Waals surface area contributed by atoms with Crippen LogP contribution in [-0.2, 0) is 6.54 Å². The highest BCUT2D eigenvalue weighted by Gasteiger charge is 2.30. The summed E-state index contributed by atoms with van der Waals surface area (Å²) in [5.74, 6) is 1.18. The zero-order valence-corrected chi connectivity index (χ0v) is 11.5. The van der Waals surface area contributed by atoms with Gasteiger partial charge in [0.25, 0.3) is 0 Å². The second-order valence-electron chi connectivity index (χ2n) is 5.43. The molecule has 1 atom stereocenters. The smallest absolute Gasteiger partial charge is 0.115 e. The van der Waals surface area contributed by atoms with Gasteiger partial charge in [0.15, 0.2) is 0 Å². The molecule has 1 N–H and O–H groups in total. The Morgan fingerprint density at radius 1 is 1.26 bits per heavy atom. The molecule has 0 unspecified atom stereocenters. The van der Waals surface area contributed by atoms with Crippen LogP contribution < -0.4 is 5.32 Å². The van der Waals surface area contributed by atoms with Crippen molar-refractivity contribution in [2.45, 2.75) is 12.6 Å². The average Bonchev–Trinajstić information content (AvgIpc) is 2.96. The molecule has 3 rings (SSSR count). The number of rotatable bonds is 3. The lowest BCUT2D eigenvalue weighted by Crippen LogP contribution is -2.56. The largest absolute Gasteiger partial charge is 0.371 e. The fraction of sp³-hybridized carbons (Fsp3) is 0.533. The van der Waals surface area contributed by atoms with Crippen LogP contribution in [0.1, 0.15) is 5.56 Å². The minimum atomic E-state index is 0.418. The van der Waals surface area contributed by atoms with Gasteiger partial charge in [-0.1, -0.05) is 30.3 Å². The molecule has 2 aliphatic heterocycles. The van der Waals surface area contributed by atoms with Crippen LogP contribution in [0.2, 0.25) is 0 Å². The van der Waals surface area contributed by atoms with Crippen molar-refractivity contribution in [2.75, 3.05) is 39.8 Å². The van der Waals surface area contributed by atoms with Crippen LogP contribution in [0.25, 0.3) is 0 Å². The Morgan fingerprint density at radius 3 is 2.84 bits per heavy atom. The van der Waals surface area contributed by atoms with Gasteiger partial charge < -0.3 is 10.2 Å². The fourth-order valence-electron chi connectivity index (χ4n) is 2.86. The highest BCUT2D eigenvalue weighted by atomic mass is 15.3. The van der Waals surface area contributed by atoms with Crippen molar-refractivity contribution in [2.24, 2.45) is 4.99 Å². The highest BCUT2D eigenvalue weighted by Crippen LogP contribution is 2.15. The first-order valence-corrected chi connectivity index (χ1v) is 7.07. The number of amidine groups is 1. The Kier molecular flexibility index (Phi) is 3.80. The minimum absolute atomic E-state index is 0.418. The monoisotopic (exact) mass is 258 g/mol. The van der Waals surface area contributed by atoms with Gasteiger partial charge in [0.2, 0.25) is 0 Å². The summed E-state index contributed by atoms with van der Waals surface area (Å²) >= 11 is 0. The Hall–Kier alpha value is -1.39. The number of nitrogens with one attached hydrogen (secondary N) is 1. The molecule has 0 aliphatic carbocycles. The minimum Gasteiger partial charge on any atom is -0.371 e. The van der Waals surface area contributed by atoms with Gasteiger partial charge in [0.05, 0.1) is 12.6 Å². The molecule has 2 heterocycles. The predicted octanol–water partition coefficient (Wildman–Crippen LogP) is 0.804. The maximum absolute atomic E-state index is 4.62. The first kappa shape index (κ1) is 12.6. The highest BCUT2D eigenvalue weighted by molar-refractivity contribution is 5.89. The lowest BCUT2D eigenvalue weighted by atomic mass is 10.1. The van der Waals surface area contributed by atoms with Crippen LogP contribution in [0.15, 0.2) is 35.3 Å². The molecule has 1 aromatic rings. The molecule has 0 aromatic heterocycles. The van der Waals surface area contributed by atoms with E-state index in [9.17, 15) is 0 Å². The number of nitrogens with zero attached hydrogens (tertiary/aromatic N) is 3. The molecule has 2 aliphatic rings. The third kappa shape index (κ3) is 2.96. The van der Waals surface area contributed by atoms with Crippen molar-refractivity contribution in [1.82, 2.24) is 15.1 Å². The Bertz CT molecular complexity index is 443. The molecule has 4 heteroatoms. The van der Waals surface area contributed by atoms with E-state index in [0.717, 1.165) is 39.3 Å². The molecule has 1 aromatic carbocycles. The van der Waals surface area contributed by atoms with Crippen molar-refractivity contribution in [3.05, 3.63) is 35.9 Å². The summed E-state index contributed by atoms with van der Waals surface area (Å²) in [5.41, 5.74) is 1.38. The fourth-order valence-corrected chi connectivity index (χ4v) is 2.86. The number of piperazine rings is 1. The molecule has 0 spiro atoms. The van der Waals surface area contributed by atoms with Gasteiger partial charge in [-0.05, 0) is 12.6 Å². The first-order valence-electron chi connectivity index (χ1n) is 7.07. The van der Waals surface area contributed by atoms with Crippen molar-refractivity contribution in [3.63, 3.8) is 0 Å². The summed E-state index contributed by atoms with van der Waals surface area (Å²) in [6, 6.07) is 11.1. The predicted molar refractivity (Wildman–Crippen MR) is 78.4 cm³/mol. The molecule has 19 heavy (non-hydrogen) atoms. The number of benzene rings is 1. The third-order valence-electron chi connectivity index (χ3n) is 3.94. The number of hydrogen-bond donors (Lipinski definition) is 1. The van der Waals surface area contributed by atoms with E-state index < -0.39 is 0 Å². The number of hydrogen-bond acceptors (Lipinski definition) is 4. The molecular weight excluding hydrogens is 236 g/mol. The van der Waals surface area contributed by atoms with Gasteiger partial charge in [-0.25, -0.2) is 0 Å². The Balaban J connectivity index is 1.74. The summed E-state index contributed by atoms with van der Waals surface area (Å²) < 4.78 is 0. The van der Waals surface area contributed by atoms with Crippen LogP contribution in [0, 0.1) is 0 Å². The molecule has 4 nitrogen and oxygen atoms in total. The van der Waals surface area contributed by atoms with Crippen LogP contribution in [0.5, 0.6) is 0 Å². The molecule has 0 bridgehead atoms. The van der Waals surface area contributed by atoms with E-state index in [1.165, 1.54) is 11.4 Å². The van der Waals surface area contributed by atoms with Gasteiger partial charge in [-0.2, -0.15) is 0 Å². The first-order chi connectivity index (χ1) is 9.33. The third-order valence-corrected chi connectivity index (χ3v) is 3.94. The topological polar surface area (TPSA) is 30.9 Å². The summed E-state index contributed by atoms with van der Waals surface area (Å²) in [5, 5.41) is 3.44. The van der Waals surface area contributed by atoms with Crippen LogP contribution in [0.4, 0.5) is 0 Å². The van der Waals surface area contributed by atoms with Gasteiger partial charge >= 0.3 is 0 Å². The maximum Gasteiger partial charge on any atom is 0.115 e. The normalized spacial score (nSPS) is 25.1. The van der Waals surface area contributed by atoms with Crippen molar-refractivity contribution >= 4 is 5.84 Å².